The van der Waals surface area contributed by atoms with Gasteiger partial charge in [0.25, 0.3) is 0 Å². The minimum Gasteiger partial charge on any atom is -0.252 e. The summed E-state index contributed by atoms with van der Waals surface area (Å²) in [6.07, 6.45) is 29.3. The second-order valence-electron chi connectivity index (χ2n) is 13.9. The largest absolute Gasteiger partial charge is 0.252 e. The van der Waals surface area contributed by atoms with Crippen molar-refractivity contribution in [2.24, 2.45) is 9.98 Å². The van der Waals surface area contributed by atoms with Crippen LogP contribution in [-0.2, 0) is 46.1 Å². The smallest absolute Gasteiger partial charge is 0.0639 e. The molecule has 47 heavy (non-hydrogen) atoms. The first-order valence-corrected chi connectivity index (χ1v) is 20.0. The number of aryl methyl sites for hydroxylation is 4. The molecule has 0 atom stereocenters. The molecule has 0 amide bonds. The number of aliphatic imine (C=N–C) groups is 2. The molecule has 0 N–H and O–H groups in total. The van der Waals surface area contributed by atoms with Crippen molar-refractivity contribution in [3.05, 3.63) is 58.7 Å². The molecular formula is C44H72N2Pd. The maximum absolute atomic E-state index is 5.54. The average molecular weight is 735 g/mol. The van der Waals surface area contributed by atoms with E-state index in [-0.39, 0.29) is 20.4 Å². The van der Waals surface area contributed by atoms with E-state index in [9.17, 15) is 0 Å². The van der Waals surface area contributed by atoms with E-state index in [2.05, 4.69) is 77.9 Å². The van der Waals surface area contributed by atoms with Crippen molar-refractivity contribution in [3.8, 4) is 0 Å². The van der Waals surface area contributed by atoms with Gasteiger partial charge in [0, 0.05) is 20.4 Å². The molecule has 2 rings (SSSR count). The zero-order chi connectivity index (χ0) is 33.2. The Labute approximate surface area is 306 Å². The Kier molecular flexibility index (Phi) is 26.2. The van der Waals surface area contributed by atoms with Gasteiger partial charge in [0.2, 0.25) is 0 Å². The molecule has 0 saturated carbocycles. The molecule has 268 valence electrons. The SMILES string of the molecule is CCCCCCC(=Nc1cc(CCCCC)cc(CCCCC)c1)C(CCCC)=Nc1cc(CCCCC)cc(CCCCC)c1.[Pd]. The summed E-state index contributed by atoms with van der Waals surface area (Å²) in [6, 6.07) is 14.5. The van der Waals surface area contributed by atoms with Crippen molar-refractivity contribution in [2.45, 2.75) is 196 Å². The van der Waals surface area contributed by atoms with Crippen LogP contribution in [0, 0.1) is 0 Å². The van der Waals surface area contributed by atoms with Crippen molar-refractivity contribution in [3.63, 3.8) is 0 Å². The van der Waals surface area contributed by atoms with Crippen LogP contribution >= 0.6 is 0 Å². The van der Waals surface area contributed by atoms with Crippen LogP contribution in [0.2, 0.25) is 0 Å². The van der Waals surface area contributed by atoms with Gasteiger partial charge in [-0.15, -0.1) is 0 Å². The molecule has 0 aliphatic carbocycles. The van der Waals surface area contributed by atoms with E-state index in [0.29, 0.717) is 0 Å². The Balaban J connectivity index is 0.0000110. The summed E-state index contributed by atoms with van der Waals surface area (Å²) < 4.78 is 0. The molecule has 0 fully saturated rings. The van der Waals surface area contributed by atoms with Gasteiger partial charge in [-0.05, 0) is 124 Å². The number of hydrogen-bond donors (Lipinski definition) is 0. The van der Waals surface area contributed by atoms with Crippen LogP contribution < -0.4 is 0 Å². The van der Waals surface area contributed by atoms with E-state index < -0.39 is 0 Å². The molecule has 2 nitrogen and oxygen atoms in total. The molecule has 0 heterocycles. The zero-order valence-corrected chi connectivity index (χ0v) is 33.2. The maximum atomic E-state index is 5.54. The van der Waals surface area contributed by atoms with Gasteiger partial charge in [-0.3, -0.25) is 9.98 Å². The van der Waals surface area contributed by atoms with Crippen molar-refractivity contribution in [1.82, 2.24) is 0 Å². The van der Waals surface area contributed by atoms with Gasteiger partial charge >= 0.3 is 0 Å². The van der Waals surface area contributed by atoms with E-state index in [1.807, 2.05) is 0 Å². The summed E-state index contributed by atoms with van der Waals surface area (Å²) in [5.74, 6) is 0. The van der Waals surface area contributed by atoms with Gasteiger partial charge in [0.15, 0.2) is 0 Å². The Morgan fingerprint density at radius 3 is 0.979 bits per heavy atom. The topological polar surface area (TPSA) is 24.7 Å². The Morgan fingerprint density at radius 1 is 0.362 bits per heavy atom. The third kappa shape index (κ3) is 19.3. The third-order valence-electron chi connectivity index (χ3n) is 9.25. The summed E-state index contributed by atoms with van der Waals surface area (Å²) in [6.45, 7) is 13.8. The van der Waals surface area contributed by atoms with Crippen molar-refractivity contribution < 1.29 is 20.4 Å². The average Bonchev–Trinajstić information content (AvgIpc) is 3.05. The third-order valence-corrected chi connectivity index (χ3v) is 9.25. The summed E-state index contributed by atoms with van der Waals surface area (Å²) >= 11 is 0. The molecule has 2 aromatic carbocycles. The van der Waals surface area contributed by atoms with Gasteiger partial charge < -0.3 is 0 Å². The number of unbranched alkanes of at least 4 members (excludes halogenated alkanes) is 12. The molecule has 0 aliphatic heterocycles. The Hall–Kier alpha value is -1.56. The van der Waals surface area contributed by atoms with E-state index >= 15 is 0 Å². The van der Waals surface area contributed by atoms with Gasteiger partial charge in [-0.25, -0.2) is 0 Å². The summed E-state index contributed by atoms with van der Waals surface area (Å²) in [5.41, 5.74) is 10.6. The standard InChI is InChI=1S/C44H72N2.Pd/c1-7-13-19-24-30-44(46-42-35-39(27-22-16-10-4)32-40(36-42)28-23-17-11-5)43(29-18-12-6)45-41-33-37(25-20-14-8-2)31-38(34-41)26-21-15-9-3;/h31-36H,7-30H2,1-6H3;. The van der Waals surface area contributed by atoms with Crippen LogP contribution in [0.4, 0.5) is 11.4 Å². The number of hydrogen-bond acceptors (Lipinski definition) is 2. The number of nitrogens with zero attached hydrogens (tertiary/aromatic N) is 2. The fourth-order valence-corrected chi connectivity index (χ4v) is 6.41. The van der Waals surface area contributed by atoms with Crippen molar-refractivity contribution in [2.75, 3.05) is 0 Å². The van der Waals surface area contributed by atoms with Crippen LogP contribution in [0.1, 0.15) is 192 Å². The molecule has 3 heteroatoms. The monoisotopic (exact) mass is 734 g/mol. The molecule has 0 aliphatic rings. The molecule has 0 radical (unpaired) electrons. The van der Waals surface area contributed by atoms with Crippen LogP contribution in [0.5, 0.6) is 0 Å². The second kappa shape index (κ2) is 28.3. The first-order valence-electron chi connectivity index (χ1n) is 20.0. The number of benzene rings is 2. The summed E-state index contributed by atoms with van der Waals surface area (Å²) in [4.78, 5) is 11.1. The summed E-state index contributed by atoms with van der Waals surface area (Å²) in [7, 11) is 0. The minimum absolute atomic E-state index is 0. The predicted octanol–water partition coefficient (Wildman–Crippen LogP) is 14.6. The molecule has 0 aromatic heterocycles. The first-order chi connectivity index (χ1) is 22.6. The second-order valence-corrected chi connectivity index (χ2v) is 13.9. The normalized spacial score (nSPS) is 12.0. The van der Waals surface area contributed by atoms with E-state index in [1.54, 1.807) is 0 Å². The van der Waals surface area contributed by atoms with E-state index in [4.69, 9.17) is 9.98 Å². The van der Waals surface area contributed by atoms with Crippen LogP contribution in [0.25, 0.3) is 0 Å². The zero-order valence-electron chi connectivity index (χ0n) is 31.6. The van der Waals surface area contributed by atoms with E-state index in [1.165, 1.54) is 143 Å². The summed E-state index contributed by atoms with van der Waals surface area (Å²) in [5, 5.41) is 0. The fourth-order valence-electron chi connectivity index (χ4n) is 6.41. The van der Waals surface area contributed by atoms with Crippen LogP contribution in [0.3, 0.4) is 0 Å². The molecule has 2 aromatic rings. The first kappa shape index (κ1) is 43.5. The quantitative estimate of drug-likeness (QED) is 0.0496. The van der Waals surface area contributed by atoms with Gasteiger partial charge in [0.05, 0.1) is 22.8 Å². The molecule has 0 spiro atoms. The predicted molar refractivity (Wildman–Crippen MR) is 208 cm³/mol. The Morgan fingerprint density at radius 2 is 0.660 bits per heavy atom. The Bertz CT molecular complexity index is 1080. The molecule has 0 bridgehead atoms. The number of rotatable bonds is 27. The molecule has 0 unspecified atom stereocenters. The van der Waals surface area contributed by atoms with E-state index in [0.717, 1.165) is 56.3 Å². The molecule has 0 saturated heterocycles. The van der Waals surface area contributed by atoms with Crippen LogP contribution in [-0.4, -0.2) is 11.4 Å². The van der Waals surface area contributed by atoms with Crippen LogP contribution in [0.15, 0.2) is 46.4 Å². The maximum Gasteiger partial charge on any atom is 0.0639 e. The van der Waals surface area contributed by atoms with Gasteiger partial charge in [-0.1, -0.05) is 131 Å². The van der Waals surface area contributed by atoms with Crippen molar-refractivity contribution >= 4 is 22.8 Å². The minimum atomic E-state index is 0. The molecular weight excluding hydrogens is 663 g/mol. The van der Waals surface area contributed by atoms with Crippen molar-refractivity contribution in [1.29, 1.82) is 0 Å². The van der Waals surface area contributed by atoms with Gasteiger partial charge in [0.1, 0.15) is 0 Å². The fraction of sp³-hybridized carbons (Fsp3) is 0.682. The van der Waals surface area contributed by atoms with Gasteiger partial charge in [-0.2, -0.15) is 0 Å².